The van der Waals surface area contributed by atoms with Gasteiger partial charge in [0, 0.05) is 6.54 Å². The van der Waals surface area contributed by atoms with Crippen molar-refractivity contribution in [3.8, 4) is 5.75 Å². The van der Waals surface area contributed by atoms with Crippen molar-refractivity contribution in [1.82, 2.24) is 5.32 Å². The van der Waals surface area contributed by atoms with Crippen LogP contribution in [0.4, 0.5) is 0 Å². The molecule has 0 bridgehead atoms. The number of hydrogen-bond donors (Lipinski definition) is 1. The van der Waals surface area contributed by atoms with Gasteiger partial charge in [0.15, 0.2) is 6.61 Å². The summed E-state index contributed by atoms with van der Waals surface area (Å²) in [6.45, 7) is 4.32. The molecule has 0 radical (unpaired) electrons. The first-order valence-electron chi connectivity index (χ1n) is 8.67. The number of carbonyl (C=O) groups excluding carboxylic acids is 2. The predicted octanol–water partition coefficient (Wildman–Crippen LogP) is 3.33. The van der Waals surface area contributed by atoms with Crippen LogP contribution >= 0.6 is 0 Å². The number of ether oxygens (including phenoxy) is 2. The van der Waals surface area contributed by atoms with E-state index in [0.29, 0.717) is 24.4 Å². The number of esters is 1. The molecule has 5 heteroatoms. The van der Waals surface area contributed by atoms with Crippen molar-refractivity contribution in [3.63, 3.8) is 0 Å². The number of para-hydroxylation sites is 1. The number of carbonyl (C=O) groups is 2. The molecular formula is C21H25NO4. The molecular weight excluding hydrogens is 330 g/mol. The second kappa shape index (κ2) is 9.61. The lowest BCUT2D eigenvalue weighted by Gasteiger charge is -2.10. The lowest BCUT2D eigenvalue weighted by Crippen LogP contribution is -2.30. The van der Waals surface area contributed by atoms with Crippen LogP contribution in [-0.4, -0.2) is 32.1 Å². The molecule has 1 amide bonds. The summed E-state index contributed by atoms with van der Waals surface area (Å²) in [5.74, 6) is 0.361. The van der Waals surface area contributed by atoms with E-state index in [0.717, 1.165) is 16.9 Å². The highest BCUT2D eigenvalue weighted by Gasteiger charge is 2.11. The van der Waals surface area contributed by atoms with E-state index in [1.165, 1.54) is 0 Å². The molecule has 2 rings (SSSR count). The van der Waals surface area contributed by atoms with Crippen molar-refractivity contribution in [1.29, 1.82) is 0 Å². The Morgan fingerprint density at radius 2 is 1.73 bits per heavy atom. The minimum atomic E-state index is -0.500. The van der Waals surface area contributed by atoms with Crippen molar-refractivity contribution < 1.29 is 19.1 Å². The van der Waals surface area contributed by atoms with Crippen molar-refractivity contribution in [3.05, 3.63) is 65.2 Å². The molecule has 0 aliphatic heterocycles. The van der Waals surface area contributed by atoms with Crippen LogP contribution in [0.5, 0.6) is 5.75 Å². The summed E-state index contributed by atoms with van der Waals surface area (Å²) in [5.41, 5.74) is 2.60. The fourth-order valence-corrected chi connectivity index (χ4v) is 2.52. The predicted molar refractivity (Wildman–Crippen MR) is 101 cm³/mol. The third-order valence-electron chi connectivity index (χ3n) is 4.06. The Kier molecular flexibility index (Phi) is 7.21. The zero-order valence-corrected chi connectivity index (χ0v) is 15.5. The first kappa shape index (κ1) is 19.5. The summed E-state index contributed by atoms with van der Waals surface area (Å²) < 4.78 is 10.3. The van der Waals surface area contributed by atoms with Crippen LogP contribution in [0.1, 0.15) is 41.3 Å². The molecule has 2 aromatic carbocycles. The van der Waals surface area contributed by atoms with Crippen LogP contribution in [0.2, 0.25) is 0 Å². The second-order valence-electron chi connectivity index (χ2n) is 6.26. The highest BCUT2D eigenvalue weighted by Crippen LogP contribution is 2.17. The first-order valence-corrected chi connectivity index (χ1v) is 8.67. The van der Waals surface area contributed by atoms with E-state index >= 15 is 0 Å². The van der Waals surface area contributed by atoms with Gasteiger partial charge in [-0.3, -0.25) is 4.79 Å². The zero-order valence-electron chi connectivity index (χ0n) is 15.5. The molecule has 138 valence electrons. The molecule has 26 heavy (non-hydrogen) atoms. The number of methoxy groups -OCH3 is 1. The molecule has 0 unspecified atom stereocenters. The Morgan fingerprint density at radius 3 is 2.38 bits per heavy atom. The van der Waals surface area contributed by atoms with Gasteiger partial charge in [0.25, 0.3) is 5.91 Å². The van der Waals surface area contributed by atoms with E-state index in [9.17, 15) is 9.59 Å². The smallest absolute Gasteiger partial charge is 0.338 e. The van der Waals surface area contributed by atoms with Crippen molar-refractivity contribution >= 4 is 11.9 Å². The number of benzene rings is 2. The Hall–Kier alpha value is -2.82. The minimum absolute atomic E-state index is 0.295. The van der Waals surface area contributed by atoms with Gasteiger partial charge in [-0.15, -0.1) is 0 Å². The molecule has 0 aliphatic carbocycles. The maximum absolute atomic E-state index is 12.0. The highest BCUT2D eigenvalue weighted by atomic mass is 16.5. The standard InChI is InChI=1S/C21H25NO4/c1-15(2)16-8-10-18(11-9-16)21(24)26-14-20(23)22-13-12-17-6-4-5-7-19(17)25-3/h4-11,15H,12-14H2,1-3H3,(H,22,23). The fraction of sp³-hybridized carbons (Fsp3) is 0.333. The molecule has 0 aliphatic rings. The Labute approximate surface area is 154 Å². The summed E-state index contributed by atoms with van der Waals surface area (Å²) >= 11 is 0. The van der Waals surface area contributed by atoms with Gasteiger partial charge in [0.05, 0.1) is 12.7 Å². The summed E-state index contributed by atoms with van der Waals surface area (Å²) in [4.78, 5) is 23.8. The molecule has 2 aromatic rings. The van der Waals surface area contributed by atoms with Crippen LogP contribution in [0.15, 0.2) is 48.5 Å². The second-order valence-corrected chi connectivity index (χ2v) is 6.26. The lowest BCUT2D eigenvalue weighted by atomic mass is 10.0. The van der Waals surface area contributed by atoms with Gasteiger partial charge in [-0.1, -0.05) is 44.2 Å². The highest BCUT2D eigenvalue weighted by molar-refractivity contribution is 5.91. The molecule has 0 fully saturated rings. The van der Waals surface area contributed by atoms with Crippen LogP contribution in [0, 0.1) is 0 Å². The molecule has 0 saturated carbocycles. The zero-order chi connectivity index (χ0) is 18.9. The summed E-state index contributed by atoms with van der Waals surface area (Å²) in [6, 6.07) is 14.9. The minimum Gasteiger partial charge on any atom is -0.496 e. The molecule has 0 aromatic heterocycles. The molecule has 0 spiro atoms. The average molecular weight is 355 g/mol. The van der Waals surface area contributed by atoms with Crippen LogP contribution in [0.3, 0.4) is 0 Å². The monoisotopic (exact) mass is 355 g/mol. The van der Waals surface area contributed by atoms with E-state index in [4.69, 9.17) is 9.47 Å². The molecule has 0 saturated heterocycles. The number of amides is 1. The molecule has 0 atom stereocenters. The third kappa shape index (κ3) is 5.62. The lowest BCUT2D eigenvalue weighted by molar-refractivity contribution is -0.124. The fourth-order valence-electron chi connectivity index (χ4n) is 2.52. The molecule has 0 heterocycles. The molecule has 5 nitrogen and oxygen atoms in total. The van der Waals surface area contributed by atoms with Crippen LogP contribution in [0.25, 0.3) is 0 Å². The van der Waals surface area contributed by atoms with Gasteiger partial charge in [-0.05, 0) is 41.7 Å². The summed E-state index contributed by atoms with van der Waals surface area (Å²) in [5, 5.41) is 2.74. The van der Waals surface area contributed by atoms with E-state index < -0.39 is 5.97 Å². The van der Waals surface area contributed by atoms with Gasteiger partial charge in [-0.25, -0.2) is 4.79 Å². The maximum atomic E-state index is 12.0. The van der Waals surface area contributed by atoms with Gasteiger partial charge in [-0.2, -0.15) is 0 Å². The van der Waals surface area contributed by atoms with E-state index in [1.807, 2.05) is 36.4 Å². The normalized spacial score (nSPS) is 10.5. The quantitative estimate of drug-likeness (QED) is 0.738. The van der Waals surface area contributed by atoms with E-state index in [1.54, 1.807) is 19.2 Å². The Morgan fingerprint density at radius 1 is 1.04 bits per heavy atom. The van der Waals surface area contributed by atoms with Crippen molar-refractivity contribution in [2.75, 3.05) is 20.3 Å². The van der Waals surface area contributed by atoms with Crippen LogP contribution < -0.4 is 10.1 Å². The summed E-state index contributed by atoms with van der Waals surface area (Å²) in [6.07, 6.45) is 0.639. The van der Waals surface area contributed by atoms with Gasteiger partial charge in [0.2, 0.25) is 0 Å². The topological polar surface area (TPSA) is 64.6 Å². The van der Waals surface area contributed by atoms with Gasteiger partial charge in [0.1, 0.15) is 5.75 Å². The van der Waals surface area contributed by atoms with E-state index in [2.05, 4.69) is 19.2 Å². The van der Waals surface area contributed by atoms with Crippen molar-refractivity contribution in [2.45, 2.75) is 26.2 Å². The number of nitrogens with one attached hydrogen (secondary N) is 1. The first-order chi connectivity index (χ1) is 12.5. The van der Waals surface area contributed by atoms with Gasteiger partial charge < -0.3 is 14.8 Å². The number of hydrogen-bond acceptors (Lipinski definition) is 4. The largest absolute Gasteiger partial charge is 0.496 e. The van der Waals surface area contributed by atoms with Crippen LogP contribution in [-0.2, 0) is 16.0 Å². The summed E-state index contributed by atoms with van der Waals surface area (Å²) in [7, 11) is 1.62. The van der Waals surface area contributed by atoms with E-state index in [-0.39, 0.29) is 12.5 Å². The Bertz CT molecular complexity index is 738. The van der Waals surface area contributed by atoms with Gasteiger partial charge >= 0.3 is 5.97 Å². The SMILES string of the molecule is COc1ccccc1CCNC(=O)COC(=O)c1ccc(C(C)C)cc1. The third-order valence-corrected chi connectivity index (χ3v) is 4.06. The van der Waals surface area contributed by atoms with Crippen molar-refractivity contribution in [2.24, 2.45) is 0 Å². The average Bonchev–Trinajstić information content (AvgIpc) is 2.66. The molecule has 1 N–H and O–H groups in total. The number of rotatable bonds is 8. The Balaban J connectivity index is 1.75. The maximum Gasteiger partial charge on any atom is 0.338 e.